The van der Waals surface area contributed by atoms with E-state index in [0.717, 1.165) is 43.1 Å². The number of unbranched alkanes of at least 4 members (excludes halogenated alkanes) is 14. The molecule has 1 aromatic rings. The molecule has 0 aliphatic heterocycles. The van der Waals surface area contributed by atoms with Gasteiger partial charge in [0.05, 0.1) is 17.0 Å². The Morgan fingerprint density at radius 2 is 1.06 bits per heavy atom. The van der Waals surface area contributed by atoms with Crippen LogP contribution in [0, 0.1) is 0 Å². The molecule has 180 valence electrons. The molecule has 0 N–H and O–H groups in total. The van der Waals surface area contributed by atoms with Gasteiger partial charge in [-0.2, -0.15) is 0 Å². The minimum atomic E-state index is 0.0697. The van der Waals surface area contributed by atoms with Crippen molar-refractivity contribution in [3.05, 3.63) is 23.8 Å². The number of rotatable bonds is 21. The summed E-state index contributed by atoms with van der Waals surface area (Å²) in [6, 6.07) is 6.19. The van der Waals surface area contributed by atoms with E-state index in [-0.39, 0.29) is 3.74 Å². The van der Waals surface area contributed by atoms with E-state index in [9.17, 15) is 0 Å². The summed E-state index contributed by atoms with van der Waals surface area (Å²) in [4.78, 5) is 0. The second kappa shape index (κ2) is 20.4. The van der Waals surface area contributed by atoms with Crippen LogP contribution in [0.25, 0.3) is 0 Å². The number of hydrogen-bond acceptors (Lipinski definition) is 2. The van der Waals surface area contributed by atoms with E-state index in [1.54, 1.807) is 0 Å². The van der Waals surface area contributed by atoms with Gasteiger partial charge in [-0.15, -0.1) is 0 Å². The molecule has 0 aromatic heterocycles. The smallest absolute Gasteiger partial charge is 0.124 e. The number of benzene rings is 1. The normalized spacial score (nSPS) is 11.3. The molecule has 0 aliphatic rings. The largest absolute Gasteiger partial charge is 0.494 e. The molecule has 1 aromatic carbocycles. The third kappa shape index (κ3) is 15.3. The van der Waals surface area contributed by atoms with Crippen LogP contribution < -0.4 is 9.47 Å². The van der Waals surface area contributed by atoms with Crippen molar-refractivity contribution in [1.29, 1.82) is 0 Å². The summed E-state index contributed by atoms with van der Waals surface area (Å²) in [5.41, 5.74) is 1.10. The SMILES string of the molecule is CCCCCCCCCCOc1ccc(OCCCCCCCCCC)c(C(Br)Br)c1. The number of halogens is 2. The van der Waals surface area contributed by atoms with Crippen LogP contribution in [-0.2, 0) is 0 Å². The predicted molar refractivity (Wildman–Crippen MR) is 143 cm³/mol. The van der Waals surface area contributed by atoms with Gasteiger partial charge in [0, 0.05) is 5.56 Å². The van der Waals surface area contributed by atoms with Crippen LogP contribution >= 0.6 is 31.9 Å². The van der Waals surface area contributed by atoms with Crippen molar-refractivity contribution in [3.8, 4) is 11.5 Å². The van der Waals surface area contributed by atoms with Crippen LogP contribution in [0.2, 0.25) is 0 Å². The molecule has 1 rings (SSSR count). The van der Waals surface area contributed by atoms with Crippen molar-refractivity contribution in [3.63, 3.8) is 0 Å². The summed E-state index contributed by atoms with van der Waals surface area (Å²) in [5.74, 6) is 1.88. The lowest BCUT2D eigenvalue weighted by atomic mass is 10.1. The number of alkyl halides is 2. The molecule has 31 heavy (non-hydrogen) atoms. The molecule has 0 amide bonds. The monoisotopic (exact) mass is 560 g/mol. The molecule has 0 radical (unpaired) electrons. The number of hydrogen-bond donors (Lipinski definition) is 0. The van der Waals surface area contributed by atoms with E-state index in [1.807, 2.05) is 6.07 Å². The highest BCUT2D eigenvalue weighted by molar-refractivity contribution is 9.24. The van der Waals surface area contributed by atoms with Gasteiger partial charge in [-0.05, 0) is 31.0 Å². The Labute approximate surface area is 209 Å². The first-order valence-corrected chi connectivity index (χ1v) is 14.7. The van der Waals surface area contributed by atoms with Crippen molar-refractivity contribution in [2.24, 2.45) is 0 Å². The van der Waals surface area contributed by atoms with Gasteiger partial charge in [0.25, 0.3) is 0 Å². The summed E-state index contributed by atoms with van der Waals surface area (Å²) in [6.07, 6.45) is 21.1. The summed E-state index contributed by atoms with van der Waals surface area (Å²) < 4.78 is 12.1. The van der Waals surface area contributed by atoms with E-state index in [1.165, 1.54) is 89.9 Å². The average Bonchev–Trinajstić information content (AvgIpc) is 2.77. The van der Waals surface area contributed by atoms with E-state index in [2.05, 4.69) is 57.8 Å². The molecule has 0 spiro atoms. The number of ether oxygens (including phenoxy) is 2. The van der Waals surface area contributed by atoms with E-state index in [4.69, 9.17) is 9.47 Å². The zero-order chi connectivity index (χ0) is 22.6. The quantitative estimate of drug-likeness (QED) is 0.110. The van der Waals surface area contributed by atoms with Crippen molar-refractivity contribution >= 4 is 31.9 Å². The third-order valence-corrected chi connectivity index (χ3v) is 6.72. The van der Waals surface area contributed by atoms with Gasteiger partial charge in [-0.25, -0.2) is 0 Å². The van der Waals surface area contributed by atoms with Gasteiger partial charge < -0.3 is 9.47 Å². The zero-order valence-electron chi connectivity index (χ0n) is 20.1. The van der Waals surface area contributed by atoms with Crippen LogP contribution in [0.1, 0.15) is 126 Å². The molecule has 0 unspecified atom stereocenters. The second-order valence-corrected chi connectivity index (χ2v) is 11.7. The molecule has 0 fully saturated rings. The van der Waals surface area contributed by atoms with Gasteiger partial charge in [0.1, 0.15) is 11.5 Å². The van der Waals surface area contributed by atoms with Gasteiger partial charge in [0.2, 0.25) is 0 Å². The van der Waals surface area contributed by atoms with Gasteiger partial charge in [-0.1, -0.05) is 136 Å². The van der Waals surface area contributed by atoms with Crippen LogP contribution in [0.5, 0.6) is 11.5 Å². The summed E-state index contributed by atoms with van der Waals surface area (Å²) >= 11 is 7.28. The van der Waals surface area contributed by atoms with Crippen molar-refractivity contribution in [1.82, 2.24) is 0 Å². The van der Waals surface area contributed by atoms with Crippen LogP contribution in [0.4, 0.5) is 0 Å². The van der Waals surface area contributed by atoms with E-state index in [0.29, 0.717) is 0 Å². The molecule has 0 bridgehead atoms. The maximum Gasteiger partial charge on any atom is 0.124 e. The molecule has 0 saturated heterocycles. The molecule has 0 heterocycles. The fraction of sp³-hybridized carbons (Fsp3) is 0.778. The van der Waals surface area contributed by atoms with Crippen LogP contribution in [0.15, 0.2) is 18.2 Å². The molecule has 4 heteroatoms. The Morgan fingerprint density at radius 1 is 0.613 bits per heavy atom. The highest BCUT2D eigenvalue weighted by atomic mass is 79.9. The molecular weight excluding hydrogens is 516 g/mol. The molecule has 0 saturated carbocycles. The van der Waals surface area contributed by atoms with Crippen molar-refractivity contribution in [2.45, 2.75) is 120 Å². The maximum absolute atomic E-state index is 6.08. The molecule has 0 aliphatic carbocycles. The van der Waals surface area contributed by atoms with E-state index >= 15 is 0 Å². The first-order valence-electron chi connectivity index (χ1n) is 12.9. The Kier molecular flexibility index (Phi) is 19.0. The van der Waals surface area contributed by atoms with Gasteiger partial charge in [0.15, 0.2) is 0 Å². The maximum atomic E-state index is 6.08. The first-order chi connectivity index (χ1) is 15.2. The fourth-order valence-corrected chi connectivity index (χ4v) is 4.48. The minimum Gasteiger partial charge on any atom is -0.494 e. The Morgan fingerprint density at radius 3 is 1.55 bits per heavy atom. The molecule has 0 atom stereocenters. The summed E-state index contributed by atoms with van der Waals surface area (Å²) in [7, 11) is 0. The Hall–Kier alpha value is -0.220. The summed E-state index contributed by atoms with van der Waals surface area (Å²) in [5, 5.41) is 0. The Balaban J connectivity index is 2.22. The Bertz CT molecular complexity index is 534. The topological polar surface area (TPSA) is 18.5 Å². The summed E-state index contributed by atoms with van der Waals surface area (Å²) in [6.45, 7) is 6.12. The van der Waals surface area contributed by atoms with Gasteiger partial charge in [-0.3, -0.25) is 0 Å². The highest BCUT2D eigenvalue weighted by Crippen LogP contribution is 2.38. The van der Waals surface area contributed by atoms with E-state index < -0.39 is 0 Å². The lowest BCUT2D eigenvalue weighted by Gasteiger charge is -2.15. The second-order valence-electron chi connectivity index (χ2n) is 8.65. The first kappa shape index (κ1) is 28.8. The minimum absolute atomic E-state index is 0.0697. The highest BCUT2D eigenvalue weighted by Gasteiger charge is 2.12. The molecule has 2 nitrogen and oxygen atoms in total. The molecular formula is C27H46Br2O2. The fourth-order valence-electron chi connectivity index (χ4n) is 3.76. The van der Waals surface area contributed by atoms with Crippen molar-refractivity contribution in [2.75, 3.05) is 13.2 Å². The zero-order valence-corrected chi connectivity index (χ0v) is 23.3. The van der Waals surface area contributed by atoms with Crippen molar-refractivity contribution < 1.29 is 9.47 Å². The van der Waals surface area contributed by atoms with Crippen LogP contribution in [0.3, 0.4) is 0 Å². The van der Waals surface area contributed by atoms with Crippen LogP contribution in [-0.4, -0.2) is 13.2 Å². The standard InChI is InChI=1S/C27H46Br2O2/c1-3-5-7-9-11-13-15-17-21-30-24-19-20-26(25(23-24)27(28)29)31-22-18-16-14-12-10-8-6-4-2/h19-20,23,27H,3-18,21-22H2,1-2H3. The third-order valence-electron chi connectivity index (χ3n) is 5.74. The lowest BCUT2D eigenvalue weighted by molar-refractivity contribution is 0.294. The lowest BCUT2D eigenvalue weighted by Crippen LogP contribution is -2.02. The predicted octanol–water partition coefficient (Wildman–Crippen LogP) is 10.5. The average molecular weight is 562 g/mol. The van der Waals surface area contributed by atoms with Gasteiger partial charge >= 0.3 is 0 Å².